The van der Waals surface area contributed by atoms with E-state index in [1.165, 1.54) is 0 Å². The van der Waals surface area contributed by atoms with E-state index >= 15 is 0 Å². The second kappa shape index (κ2) is 5.05. The van der Waals surface area contributed by atoms with Crippen LogP contribution in [0.15, 0.2) is 0 Å². The zero-order valence-electron chi connectivity index (χ0n) is 10.4. The Bertz CT molecular complexity index is 229. The molecule has 0 aliphatic carbocycles. The van der Waals surface area contributed by atoms with Crippen molar-refractivity contribution in [2.75, 3.05) is 0 Å². The van der Waals surface area contributed by atoms with Gasteiger partial charge in [0.2, 0.25) is 0 Å². The van der Waals surface area contributed by atoms with Crippen LogP contribution in [0.1, 0.15) is 41.5 Å². The van der Waals surface area contributed by atoms with Gasteiger partial charge in [-0.2, -0.15) is 19.4 Å². The Hall–Kier alpha value is -1.46. The van der Waals surface area contributed by atoms with E-state index in [-0.39, 0.29) is 0 Å². The van der Waals surface area contributed by atoms with E-state index in [0.29, 0.717) is 0 Å². The van der Waals surface area contributed by atoms with Gasteiger partial charge in [-0.1, -0.05) is 0 Å². The monoisotopic (exact) mass is 234 g/mol. The van der Waals surface area contributed by atoms with Gasteiger partial charge in [0, 0.05) is 0 Å². The van der Waals surface area contributed by atoms with Crippen LogP contribution in [-0.2, 0) is 19.2 Å². The van der Waals surface area contributed by atoms with Crippen molar-refractivity contribution in [2.45, 2.75) is 52.7 Å². The molecule has 0 aromatic carbocycles. The summed E-state index contributed by atoms with van der Waals surface area (Å²) in [4.78, 5) is 30.1. The maximum Gasteiger partial charge on any atom is 0.550 e. The van der Waals surface area contributed by atoms with Crippen LogP contribution in [0, 0.1) is 0 Å². The Kier molecular flexibility index (Phi) is 4.59. The van der Waals surface area contributed by atoms with E-state index in [1.807, 2.05) is 0 Å². The van der Waals surface area contributed by atoms with E-state index in [0.717, 1.165) is 0 Å². The SMILES string of the molecule is CC(C)(C)OC(=O)OOC(=O)OC(C)(C)C. The molecule has 0 amide bonds. The summed E-state index contributed by atoms with van der Waals surface area (Å²) >= 11 is 0. The molecule has 0 heterocycles. The summed E-state index contributed by atoms with van der Waals surface area (Å²) < 4.78 is 9.45. The number of rotatable bonds is 0. The lowest BCUT2D eigenvalue weighted by atomic mass is 10.2. The predicted molar refractivity (Wildman–Crippen MR) is 54.6 cm³/mol. The van der Waals surface area contributed by atoms with Gasteiger partial charge in [-0.25, -0.2) is 0 Å². The Morgan fingerprint density at radius 3 is 1.12 bits per heavy atom. The summed E-state index contributed by atoms with van der Waals surface area (Å²) in [6, 6.07) is 0. The van der Waals surface area contributed by atoms with Crippen LogP contribution in [0.5, 0.6) is 0 Å². The molecule has 0 spiro atoms. The van der Waals surface area contributed by atoms with Crippen molar-refractivity contribution < 1.29 is 28.8 Å². The Labute approximate surface area is 94.7 Å². The fourth-order valence-corrected chi connectivity index (χ4v) is 0.602. The van der Waals surface area contributed by atoms with Crippen molar-refractivity contribution in [2.24, 2.45) is 0 Å². The fourth-order valence-electron chi connectivity index (χ4n) is 0.602. The Morgan fingerprint density at radius 2 is 0.938 bits per heavy atom. The van der Waals surface area contributed by atoms with Crippen LogP contribution in [0.3, 0.4) is 0 Å². The van der Waals surface area contributed by atoms with Crippen molar-refractivity contribution in [3.8, 4) is 0 Å². The van der Waals surface area contributed by atoms with Gasteiger partial charge < -0.3 is 9.47 Å². The lowest BCUT2D eigenvalue weighted by Gasteiger charge is -2.19. The van der Waals surface area contributed by atoms with E-state index in [9.17, 15) is 9.59 Å². The molecule has 0 aromatic heterocycles. The molecule has 0 radical (unpaired) electrons. The number of carbonyl (C=O) groups excluding carboxylic acids is 2. The van der Waals surface area contributed by atoms with E-state index in [4.69, 9.17) is 9.47 Å². The lowest BCUT2D eigenvalue weighted by molar-refractivity contribution is -0.231. The molecule has 0 N–H and O–H groups in total. The van der Waals surface area contributed by atoms with Crippen LogP contribution in [0.2, 0.25) is 0 Å². The largest absolute Gasteiger partial charge is 0.550 e. The highest BCUT2D eigenvalue weighted by atomic mass is 17.3. The van der Waals surface area contributed by atoms with Crippen LogP contribution in [0.4, 0.5) is 9.59 Å². The normalized spacial score (nSPS) is 11.6. The highest BCUT2D eigenvalue weighted by Crippen LogP contribution is 2.10. The van der Waals surface area contributed by atoms with Gasteiger partial charge in [0.1, 0.15) is 11.2 Å². The maximum absolute atomic E-state index is 11.0. The van der Waals surface area contributed by atoms with Crippen molar-refractivity contribution in [3.63, 3.8) is 0 Å². The first-order valence-electron chi connectivity index (χ1n) is 4.80. The summed E-state index contributed by atoms with van der Waals surface area (Å²) in [5.41, 5.74) is -1.43. The Morgan fingerprint density at radius 1 is 0.688 bits per heavy atom. The molecule has 0 aromatic rings. The van der Waals surface area contributed by atoms with Gasteiger partial charge in [-0.3, -0.25) is 0 Å². The Balaban J connectivity index is 3.90. The highest BCUT2D eigenvalue weighted by molar-refractivity contribution is 5.64. The fraction of sp³-hybridized carbons (Fsp3) is 0.800. The van der Waals surface area contributed by atoms with Gasteiger partial charge >= 0.3 is 12.3 Å². The summed E-state index contributed by atoms with van der Waals surface area (Å²) in [5.74, 6) is 0. The quantitative estimate of drug-likeness (QED) is 0.364. The highest BCUT2D eigenvalue weighted by Gasteiger charge is 2.22. The van der Waals surface area contributed by atoms with E-state index < -0.39 is 23.5 Å². The zero-order valence-corrected chi connectivity index (χ0v) is 10.4. The van der Waals surface area contributed by atoms with Crippen molar-refractivity contribution >= 4 is 12.3 Å². The molecule has 0 saturated carbocycles. The molecule has 6 nitrogen and oxygen atoms in total. The smallest absolute Gasteiger partial charge is 0.426 e. The average Bonchev–Trinajstić information content (AvgIpc) is 1.94. The van der Waals surface area contributed by atoms with Crippen molar-refractivity contribution in [1.82, 2.24) is 0 Å². The molecule has 0 fully saturated rings. The van der Waals surface area contributed by atoms with Gasteiger partial charge in [0.15, 0.2) is 0 Å². The van der Waals surface area contributed by atoms with E-state index in [1.54, 1.807) is 41.5 Å². The summed E-state index contributed by atoms with van der Waals surface area (Å²) in [6.45, 7) is 9.93. The van der Waals surface area contributed by atoms with Gasteiger partial charge in [-0.15, -0.1) is 0 Å². The summed E-state index contributed by atoms with van der Waals surface area (Å²) in [5, 5.41) is 0. The average molecular weight is 234 g/mol. The molecule has 0 aliphatic rings. The number of hydrogen-bond acceptors (Lipinski definition) is 6. The first-order chi connectivity index (χ1) is 6.99. The van der Waals surface area contributed by atoms with Gasteiger partial charge in [0.05, 0.1) is 0 Å². The van der Waals surface area contributed by atoms with Gasteiger partial charge in [-0.05, 0) is 41.5 Å². The van der Waals surface area contributed by atoms with Crippen LogP contribution in [0.25, 0.3) is 0 Å². The number of ether oxygens (including phenoxy) is 2. The number of carbonyl (C=O) groups is 2. The van der Waals surface area contributed by atoms with Crippen molar-refractivity contribution in [3.05, 3.63) is 0 Å². The standard InChI is InChI=1S/C10H18O6/c1-9(2,3)13-7(11)15-16-8(12)14-10(4,5)6/h1-6H3. The molecule has 94 valence electrons. The predicted octanol–water partition coefficient (Wildman–Crippen LogP) is 2.80. The minimum absolute atomic E-state index is 0.714. The second-order valence-corrected chi connectivity index (χ2v) is 5.10. The number of hydrogen-bond donors (Lipinski definition) is 0. The summed E-state index contributed by atoms with van der Waals surface area (Å²) in [7, 11) is 0. The molecule has 0 aliphatic heterocycles. The zero-order chi connectivity index (χ0) is 13.0. The molecular formula is C10H18O6. The van der Waals surface area contributed by atoms with Crippen LogP contribution >= 0.6 is 0 Å². The molecule has 6 heteroatoms. The topological polar surface area (TPSA) is 71.1 Å². The third-order valence-electron chi connectivity index (χ3n) is 0.957. The third-order valence-corrected chi connectivity index (χ3v) is 0.957. The first-order valence-corrected chi connectivity index (χ1v) is 4.80. The maximum atomic E-state index is 11.0. The third kappa shape index (κ3) is 9.11. The second-order valence-electron chi connectivity index (χ2n) is 5.10. The minimum atomic E-state index is -1.10. The van der Waals surface area contributed by atoms with Crippen LogP contribution in [-0.4, -0.2) is 23.5 Å². The van der Waals surface area contributed by atoms with Crippen molar-refractivity contribution in [1.29, 1.82) is 0 Å². The molecule has 0 bridgehead atoms. The molecule has 0 atom stereocenters. The molecule has 16 heavy (non-hydrogen) atoms. The summed E-state index contributed by atoms with van der Waals surface area (Å²) in [6.07, 6.45) is -2.20. The first kappa shape index (κ1) is 14.5. The lowest BCUT2D eigenvalue weighted by Crippen LogP contribution is -2.28. The van der Waals surface area contributed by atoms with Gasteiger partial charge in [0.25, 0.3) is 0 Å². The molecular weight excluding hydrogens is 216 g/mol. The molecule has 0 unspecified atom stereocenters. The van der Waals surface area contributed by atoms with Crippen LogP contribution < -0.4 is 0 Å². The molecule has 0 rings (SSSR count). The minimum Gasteiger partial charge on any atom is -0.426 e. The molecule has 0 saturated heterocycles. The van der Waals surface area contributed by atoms with E-state index in [2.05, 4.69) is 9.78 Å².